The van der Waals surface area contributed by atoms with Crippen molar-refractivity contribution in [3.8, 4) is 0 Å². The van der Waals surface area contributed by atoms with Crippen LogP contribution in [0.15, 0.2) is 53.5 Å². The van der Waals surface area contributed by atoms with Gasteiger partial charge < -0.3 is 5.73 Å². The predicted molar refractivity (Wildman–Crippen MR) is 96.7 cm³/mol. The van der Waals surface area contributed by atoms with Crippen molar-refractivity contribution < 1.29 is 9.18 Å². The molecule has 0 atom stereocenters. The second kappa shape index (κ2) is 7.19. The van der Waals surface area contributed by atoms with Crippen LogP contribution in [0.25, 0.3) is 17.0 Å². The number of aliphatic imine (C=N–C) groups is 1. The number of rotatable bonds is 4. The number of aromatic nitrogens is 2. The smallest absolute Gasteiger partial charge is 0.271 e. The Morgan fingerprint density at radius 3 is 2.68 bits per heavy atom. The first-order valence-corrected chi connectivity index (χ1v) is 7.65. The molecule has 3 aromatic rings. The Bertz CT molecular complexity index is 1000. The highest BCUT2D eigenvalue weighted by molar-refractivity contribution is 6.31. The molecule has 5 nitrogen and oxygen atoms in total. The zero-order valence-corrected chi connectivity index (χ0v) is 13.6. The van der Waals surface area contributed by atoms with Gasteiger partial charge in [-0.05, 0) is 23.8 Å². The van der Waals surface area contributed by atoms with Gasteiger partial charge in [0.2, 0.25) is 0 Å². The number of carbonyl (C=O) groups excluding carboxylic acids is 1. The molecule has 2 aromatic carbocycles. The normalized spacial score (nSPS) is 11.6. The summed E-state index contributed by atoms with van der Waals surface area (Å²) in [5.41, 5.74) is 6.62. The maximum Gasteiger partial charge on any atom is 0.271 e. The maximum atomic E-state index is 13.8. The summed E-state index contributed by atoms with van der Waals surface area (Å²) in [5.74, 6) is -1.45. The lowest BCUT2D eigenvalue weighted by molar-refractivity contribution is 0.0995. The lowest BCUT2D eigenvalue weighted by Crippen LogP contribution is -2.14. The van der Waals surface area contributed by atoms with Crippen LogP contribution in [0.5, 0.6) is 0 Å². The van der Waals surface area contributed by atoms with Crippen molar-refractivity contribution in [2.45, 2.75) is 0 Å². The molecule has 0 aliphatic heterocycles. The molecule has 7 heteroatoms. The maximum absolute atomic E-state index is 13.8. The third-order valence-corrected chi connectivity index (χ3v) is 3.68. The number of halogens is 2. The monoisotopic (exact) mass is 354 g/mol. The first-order chi connectivity index (χ1) is 12.1. The van der Waals surface area contributed by atoms with Crippen molar-refractivity contribution in [3.63, 3.8) is 0 Å². The summed E-state index contributed by atoms with van der Waals surface area (Å²) in [4.78, 5) is 15.8. The number of nitrogens with two attached hydrogens (primary N) is 1. The van der Waals surface area contributed by atoms with Gasteiger partial charge in [0.1, 0.15) is 11.5 Å². The van der Waals surface area contributed by atoms with E-state index in [1.807, 2.05) is 36.4 Å². The molecule has 0 radical (unpaired) electrons. The number of allylic oxidation sites excluding steroid dienone is 1. The zero-order valence-electron chi connectivity index (χ0n) is 12.9. The van der Waals surface area contributed by atoms with E-state index in [0.29, 0.717) is 10.9 Å². The molecule has 1 amide bonds. The molecule has 0 spiro atoms. The molecule has 2 N–H and O–H groups in total. The van der Waals surface area contributed by atoms with E-state index in [4.69, 9.17) is 17.3 Å². The van der Waals surface area contributed by atoms with Gasteiger partial charge in [0, 0.05) is 11.6 Å². The molecule has 0 saturated heterocycles. The lowest BCUT2D eigenvalue weighted by Gasteiger charge is -2.05. The molecule has 0 aliphatic carbocycles. The Morgan fingerprint density at radius 1 is 1.20 bits per heavy atom. The van der Waals surface area contributed by atoms with Crippen molar-refractivity contribution in [2.24, 2.45) is 10.7 Å². The van der Waals surface area contributed by atoms with E-state index >= 15 is 0 Å². The van der Waals surface area contributed by atoms with Crippen molar-refractivity contribution in [2.75, 3.05) is 0 Å². The number of fused-ring (bicyclic) bond motifs is 1. The van der Waals surface area contributed by atoms with Gasteiger partial charge in [0.15, 0.2) is 5.69 Å². The fourth-order valence-corrected chi connectivity index (χ4v) is 2.38. The topological polar surface area (TPSA) is 81.2 Å². The van der Waals surface area contributed by atoms with Crippen molar-refractivity contribution >= 4 is 46.4 Å². The summed E-state index contributed by atoms with van der Waals surface area (Å²) in [6, 6.07) is 12.1. The SMILES string of the molecule is NC(=O)c1nnc2cc(Cl)c(F)cc2c1N=C/C=C/c1ccccc1. The molecule has 25 heavy (non-hydrogen) atoms. The Balaban J connectivity index is 2.05. The molecular formula is C18H12ClFN4O. The third-order valence-electron chi connectivity index (χ3n) is 3.39. The van der Waals surface area contributed by atoms with E-state index in [9.17, 15) is 9.18 Å². The number of benzene rings is 2. The van der Waals surface area contributed by atoms with E-state index in [-0.39, 0.29) is 16.4 Å². The summed E-state index contributed by atoms with van der Waals surface area (Å²) >= 11 is 5.75. The fourth-order valence-electron chi connectivity index (χ4n) is 2.22. The number of hydrogen-bond acceptors (Lipinski definition) is 4. The standard InChI is InChI=1S/C18H12ClFN4O/c19-13-10-15-12(9-14(13)20)16(17(18(21)25)24-23-15)22-8-4-7-11-5-2-1-3-6-11/h1-10H,(H2,21,25)/b7-4+,22-8?. The minimum Gasteiger partial charge on any atom is -0.364 e. The van der Waals surface area contributed by atoms with Crippen molar-refractivity contribution in [3.05, 3.63) is 70.6 Å². The summed E-state index contributed by atoms with van der Waals surface area (Å²) < 4.78 is 13.8. The highest BCUT2D eigenvalue weighted by Crippen LogP contribution is 2.30. The number of primary amides is 1. The number of carbonyl (C=O) groups is 1. The van der Waals surface area contributed by atoms with Crippen LogP contribution in [0.3, 0.4) is 0 Å². The van der Waals surface area contributed by atoms with Crippen LogP contribution in [0.1, 0.15) is 16.1 Å². The molecule has 0 aliphatic rings. The molecule has 124 valence electrons. The van der Waals surface area contributed by atoms with Gasteiger partial charge >= 0.3 is 0 Å². The number of hydrogen-bond donors (Lipinski definition) is 1. The second-order valence-corrected chi connectivity index (χ2v) is 5.50. The van der Waals surface area contributed by atoms with Crippen LogP contribution in [0, 0.1) is 5.82 Å². The Kier molecular flexibility index (Phi) is 4.81. The lowest BCUT2D eigenvalue weighted by atomic mass is 10.1. The van der Waals surface area contributed by atoms with Crippen LogP contribution in [-0.2, 0) is 0 Å². The molecule has 1 heterocycles. The van der Waals surface area contributed by atoms with Gasteiger partial charge in [0.25, 0.3) is 5.91 Å². The molecule has 0 saturated carbocycles. The number of nitrogens with zero attached hydrogens (tertiary/aromatic N) is 3. The van der Waals surface area contributed by atoms with E-state index in [1.165, 1.54) is 12.3 Å². The summed E-state index contributed by atoms with van der Waals surface area (Å²) in [5, 5.41) is 7.83. The van der Waals surface area contributed by atoms with E-state index in [2.05, 4.69) is 15.2 Å². The van der Waals surface area contributed by atoms with Crippen LogP contribution in [0.2, 0.25) is 5.02 Å². The van der Waals surface area contributed by atoms with Gasteiger partial charge in [-0.1, -0.05) is 48.0 Å². The van der Waals surface area contributed by atoms with Gasteiger partial charge in [-0.3, -0.25) is 9.79 Å². The highest BCUT2D eigenvalue weighted by Gasteiger charge is 2.16. The van der Waals surface area contributed by atoms with Crippen molar-refractivity contribution in [1.82, 2.24) is 10.2 Å². The van der Waals surface area contributed by atoms with Crippen molar-refractivity contribution in [1.29, 1.82) is 0 Å². The first kappa shape index (κ1) is 16.7. The summed E-state index contributed by atoms with van der Waals surface area (Å²) in [6.07, 6.45) is 5.00. The fraction of sp³-hybridized carbons (Fsp3) is 0. The van der Waals surface area contributed by atoms with Gasteiger partial charge in [-0.2, -0.15) is 0 Å². The molecule has 0 fully saturated rings. The molecule has 0 bridgehead atoms. The van der Waals surface area contributed by atoms with Crippen LogP contribution >= 0.6 is 11.6 Å². The first-order valence-electron chi connectivity index (χ1n) is 7.27. The van der Waals surface area contributed by atoms with Crippen LogP contribution < -0.4 is 5.73 Å². The highest BCUT2D eigenvalue weighted by atomic mass is 35.5. The summed E-state index contributed by atoms with van der Waals surface area (Å²) in [6.45, 7) is 0. The number of amides is 1. The Hall–Kier alpha value is -3.12. The van der Waals surface area contributed by atoms with Gasteiger partial charge in [0.05, 0.1) is 10.5 Å². The third kappa shape index (κ3) is 3.70. The van der Waals surface area contributed by atoms with Gasteiger partial charge in [-0.25, -0.2) is 4.39 Å². The molecule has 3 rings (SSSR count). The van der Waals surface area contributed by atoms with Crippen LogP contribution in [0.4, 0.5) is 10.1 Å². The molecule has 1 aromatic heterocycles. The average Bonchev–Trinajstić information content (AvgIpc) is 2.60. The summed E-state index contributed by atoms with van der Waals surface area (Å²) in [7, 11) is 0. The van der Waals surface area contributed by atoms with E-state index in [1.54, 1.807) is 6.08 Å². The Morgan fingerprint density at radius 2 is 1.96 bits per heavy atom. The largest absolute Gasteiger partial charge is 0.364 e. The zero-order chi connectivity index (χ0) is 17.8. The molecule has 0 unspecified atom stereocenters. The second-order valence-electron chi connectivity index (χ2n) is 5.09. The van der Waals surface area contributed by atoms with E-state index in [0.717, 1.165) is 11.6 Å². The minimum atomic E-state index is -0.802. The molecular weight excluding hydrogens is 343 g/mol. The average molecular weight is 355 g/mol. The van der Waals surface area contributed by atoms with Gasteiger partial charge in [-0.15, -0.1) is 10.2 Å². The Labute approximate surface area is 147 Å². The predicted octanol–water partition coefficient (Wildman–Crippen LogP) is 3.94. The quantitative estimate of drug-likeness (QED) is 0.720. The van der Waals surface area contributed by atoms with Crippen LogP contribution in [-0.4, -0.2) is 22.3 Å². The minimum absolute atomic E-state index is 0.0903. The van der Waals surface area contributed by atoms with E-state index < -0.39 is 11.7 Å².